The molecule has 4 aromatic heterocycles. The van der Waals surface area contributed by atoms with Gasteiger partial charge in [-0.2, -0.15) is 52.7 Å². The Labute approximate surface area is 220 Å². The minimum Gasteiger partial charge on any atom is -0.223 e. The van der Waals surface area contributed by atoms with Gasteiger partial charge >= 0.3 is 24.7 Å². The van der Waals surface area contributed by atoms with E-state index in [1.807, 2.05) is 0 Å². The average molecular weight is 608 g/mol. The van der Waals surface area contributed by atoms with E-state index in [2.05, 4.69) is 39.9 Å². The largest absolute Gasteiger partial charge is 0.435 e. The maximum atomic E-state index is 13.4. The number of fused-ring (bicyclic) bond motifs is 8. The Morgan fingerprint density at radius 1 is 0.333 bits per heavy atom. The van der Waals surface area contributed by atoms with E-state index in [-0.39, 0.29) is 21.8 Å². The molecule has 6 rings (SSSR count). The zero-order valence-electron chi connectivity index (χ0n) is 19.4. The molecule has 2 aromatic carbocycles. The molecule has 0 saturated heterocycles. The van der Waals surface area contributed by atoms with Crippen molar-refractivity contribution in [2.45, 2.75) is 24.7 Å². The van der Waals surface area contributed by atoms with E-state index in [4.69, 9.17) is 0 Å². The number of aromatic nitrogens is 8. The van der Waals surface area contributed by atoms with Gasteiger partial charge in [-0.25, -0.2) is 39.9 Å². The first-order valence-electron chi connectivity index (χ1n) is 10.9. The van der Waals surface area contributed by atoms with Crippen LogP contribution in [0.4, 0.5) is 52.7 Å². The minimum atomic E-state index is -5.64. The highest BCUT2D eigenvalue weighted by atomic mass is 19.4. The second-order valence-corrected chi connectivity index (χ2v) is 8.51. The first-order valence-corrected chi connectivity index (χ1v) is 10.9. The lowest BCUT2D eigenvalue weighted by Gasteiger charge is -2.15. The summed E-state index contributed by atoms with van der Waals surface area (Å²) in [6, 6.07) is 5.46. The molecular formula is C22H4F12N8. The third-order valence-corrected chi connectivity index (χ3v) is 5.77. The third kappa shape index (κ3) is 4.28. The molecule has 0 fully saturated rings. The van der Waals surface area contributed by atoms with Gasteiger partial charge in [-0.05, 0) is 0 Å². The van der Waals surface area contributed by atoms with Crippen LogP contribution in [-0.2, 0) is 24.7 Å². The summed E-state index contributed by atoms with van der Waals surface area (Å²) >= 11 is 0. The molecular weight excluding hydrogens is 604 g/mol. The van der Waals surface area contributed by atoms with Crippen molar-refractivity contribution in [1.82, 2.24) is 39.9 Å². The molecule has 0 spiro atoms. The monoisotopic (exact) mass is 608 g/mol. The predicted octanol–water partition coefficient (Wildman–Crippen LogP) is 6.69. The van der Waals surface area contributed by atoms with Gasteiger partial charge in [0.05, 0.1) is 0 Å². The van der Waals surface area contributed by atoms with E-state index < -0.39 is 81.1 Å². The SMILES string of the molecule is FC(F)(F)c1nc2nc3c4ccccc4c4nc5nc(C(F)(F)F)c(C(F)(F)F)nc5nc4c3nc2nc1C(F)(F)F. The van der Waals surface area contributed by atoms with Crippen molar-refractivity contribution < 1.29 is 52.7 Å². The second-order valence-electron chi connectivity index (χ2n) is 8.51. The highest BCUT2D eigenvalue weighted by Gasteiger charge is 2.48. The first kappa shape index (κ1) is 27.4. The minimum absolute atomic E-state index is 0.0363. The fourth-order valence-corrected chi connectivity index (χ4v) is 4.16. The molecule has 0 N–H and O–H groups in total. The van der Waals surface area contributed by atoms with Crippen molar-refractivity contribution in [3.63, 3.8) is 0 Å². The predicted molar refractivity (Wildman–Crippen MR) is 116 cm³/mol. The molecule has 0 aliphatic heterocycles. The molecule has 8 nitrogen and oxygen atoms in total. The van der Waals surface area contributed by atoms with Crippen molar-refractivity contribution in [3.8, 4) is 0 Å². The molecule has 0 bridgehead atoms. The second kappa shape index (κ2) is 8.38. The Bertz CT molecular complexity index is 1950. The maximum absolute atomic E-state index is 13.4. The first-order chi connectivity index (χ1) is 19.3. The normalized spacial score (nSPS) is 13.7. The number of rotatable bonds is 0. The van der Waals surface area contributed by atoms with Gasteiger partial charge in [-0.1, -0.05) is 24.3 Å². The molecule has 42 heavy (non-hydrogen) atoms. The van der Waals surface area contributed by atoms with Gasteiger partial charge in [0.15, 0.2) is 45.4 Å². The molecule has 0 saturated carbocycles. The van der Waals surface area contributed by atoms with Crippen molar-refractivity contribution >= 4 is 55.4 Å². The molecule has 6 aromatic rings. The Hall–Kier alpha value is -4.78. The molecule has 0 aliphatic carbocycles. The fourth-order valence-electron chi connectivity index (χ4n) is 4.16. The summed E-state index contributed by atoms with van der Waals surface area (Å²) in [5.74, 6) is 0. The summed E-state index contributed by atoms with van der Waals surface area (Å²) in [5, 5.41) is 0.0726. The van der Waals surface area contributed by atoms with Crippen LogP contribution in [-0.4, -0.2) is 39.9 Å². The molecule has 0 atom stereocenters. The van der Waals surface area contributed by atoms with Gasteiger partial charge in [-0.3, -0.25) is 0 Å². The number of hydrogen-bond acceptors (Lipinski definition) is 8. The van der Waals surface area contributed by atoms with Crippen LogP contribution in [0.2, 0.25) is 0 Å². The van der Waals surface area contributed by atoms with E-state index in [1.165, 1.54) is 24.3 Å². The quantitative estimate of drug-likeness (QED) is 0.107. The Morgan fingerprint density at radius 2 is 0.571 bits per heavy atom. The summed E-state index contributed by atoms with van der Waals surface area (Å²) in [4.78, 5) is 27.4. The molecule has 216 valence electrons. The number of halogens is 12. The van der Waals surface area contributed by atoms with Crippen LogP contribution in [0.15, 0.2) is 24.3 Å². The molecule has 0 aliphatic rings. The lowest BCUT2D eigenvalue weighted by atomic mass is 10.1. The van der Waals surface area contributed by atoms with E-state index in [1.54, 1.807) is 0 Å². The summed E-state index contributed by atoms with van der Waals surface area (Å²) in [6.45, 7) is 0. The van der Waals surface area contributed by atoms with E-state index >= 15 is 0 Å². The molecule has 0 amide bonds. The van der Waals surface area contributed by atoms with Crippen molar-refractivity contribution in [3.05, 3.63) is 47.0 Å². The third-order valence-electron chi connectivity index (χ3n) is 5.77. The van der Waals surface area contributed by atoms with Crippen LogP contribution >= 0.6 is 0 Å². The highest BCUT2D eigenvalue weighted by Crippen LogP contribution is 2.41. The number of hydrogen-bond donors (Lipinski definition) is 0. The van der Waals surface area contributed by atoms with Crippen molar-refractivity contribution in [1.29, 1.82) is 0 Å². The smallest absolute Gasteiger partial charge is 0.223 e. The van der Waals surface area contributed by atoms with E-state index in [9.17, 15) is 52.7 Å². The van der Waals surface area contributed by atoms with Gasteiger partial charge in [0.25, 0.3) is 0 Å². The molecule has 0 unspecified atom stereocenters. The Balaban J connectivity index is 1.79. The molecule has 4 heterocycles. The summed E-state index contributed by atoms with van der Waals surface area (Å²) in [7, 11) is 0. The van der Waals surface area contributed by atoms with Gasteiger partial charge in [0.2, 0.25) is 0 Å². The molecule has 0 radical (unpaired) electrons. The van der Waals surface area contributed by atoms with Crippen LogP contribution < -0.4 is 0 Å². The van der Waals surface area contributed by atoms with Gasteiger partial charge in [0.1, 0.15) is 22.1 Å². The van der Waals surface area contributed by atoms with Gasteiger partial charge < -0.3 is 0 Å². The standard InChI is InChI=1S/C22H4F12N8/c23-19(24,25)11-13(21(29,30)31)41-17-15(39-11)35-7-5-3-1-2-4-6(5)8-10(9(7)37-17)38-18-16(36-8)40-12(20(26,27)28)14(42-18)22(32,33)34/h1-4H. The van der Waals surface area contributed by atoms with Gasteiger partial charge in [0, 0.05) is 10.8 Å². The lowest BCUT2D eigenvalue weighted by Crippen LogP contribution is -2.21. The van der Waals surface area contributed by atoms with Crippen LogP contribution in [0.5, 0.6) is 0 Å². The van der Waals surface area contributed by atoms with E-state index in [0.29, 0.717) is 0 Å². The van der Waals surface area contributed by atoms with E-state index in [0.717, 1.165) is 0 Å². The van der Waals surface area contributed by atoms with Crippen LogP contribution in [0.25, 0.3) is 55.4 Å². The molecule has 20 heteroatoms. The number of alkyl halides is 12. The maximum Gasteiger partial charge on any atom is 0.435 e. The van der Waals surface area contributed by atoms with Crippen molar-refractivity contribution in [2.24, 2.45) is 0 Å². The van der Waals surface area contributed by atoms with Gasteiger partial charge in [-0.15, -0.1) is 0 Å². The summed E-state index contributed by atoms with van der Waals surface area (Å²) in [5.41, 5.74) is -15.3. The van der Waals surface area contributed by atoms with Crippen LogP contribution in [0.3, 0.4) is 0 Å². The number of nitrogens with zero attached hydrogens (tertiary/aromatic N) is 8. The Morgan fingerprint density at radius 3 is 0.810 bits per heavy atom. The average Bonchev–Trinajstić information content (AvgIpc) is 2.88. The van der Waals surface area contributed by atoms with Crippen LogP contribution in [0.1, 0.15) is 22.8 Å². The zero-order chi connectivity index (χ0) is 30.6. The zero-order valence-corrected chi connectivity index (χ0v) is 19.4. The topological polar surface area (TPSA) is 103 Å². The fraction of sp³-hybridized carbons (Fsp3) is 0.182. The van der Waals surface area contributed by atoms with Crippen LogP contribution in [0, 0.1) is 0 Å². The van der Waals surface area contributed by atoms with Crippen molar-refractivity contribution in [2.75, 3.05) is 0 Å². The Kier molecular flexibility index (Phi) is 5.47. The summed E-state index contributed by atoms with van der Waals surface area (Å²) < 4.78 is 161. The summed E-state index contributed by atoms with van der Waals surface area (Å²) in [6.07, 6.45) is -22.5. The highest BCUT2D eigenvalue weighted by molar-refractivity contribution is 6.22. The lowest BCUT2D eigenvalue weighted by molar-refractivity contribution is -0.167. The number of benzene rings is 2.